The number of piperidine rings is 1. The Balaban J connectivity index is 1.40. The summed E-state index contributed by atoms with van der Waals surface area (Å²) in [5, 5.41) is 5.17. The molecule has 10 nitrogen and oxygen atoms in total. The monoisotopic (exact) mass is 751 g/mol. The average Bonchev–Trinajstić information content (AvgIpc) is 3.13. The van der Waals surface area contributed by atoms with Gasteiger partial charge in [-0.25, -0.2) is 4.79 Å². The maximum atomic E-state index is 14.9. The first-order valence-electron chi connectivity index (χ1n) is 19.8. The van der Waals surface area contributed by atoms with E-state index in [4.69, 9.17) is 4.74 Å². The molecule has 0 unspecified atom stereocenters. The summed E-state index contributed by atoms with van der Waals surface area (Å²) in [6.07, 6.45) is 8.47. The van der Waals surface area contributed by atoms with Gasteiger partial charge < -0.3 is 29.7 Å². The molecule has 1 aliphatic heterocycles. The van der Waals surface area contributed by atoms with E-state index in [0.29, 0.717) is 31.8 Å². The van der Waals surface area contributed by atoms with Gasteiger partial charge >= 0.3 is 6.09 Å². The predicted octanol–water partition coefficient (Wildman–Crippen LogP) is 6.47. The first kappa shape index (κ1) is 41.5. The van der Waals surface area contributed by atoms with E-state index in [1.54, 1.807) is 25.1 Å². The van der Waals surface area contributed by atoms with Crippen molar-refractivity contribution >= 4 is 34.6 Å². The van der Waals surface area contributed by atoms with Crippen molar-refractivity contribution in [3.8, 4) is 0 Å². The van der Waals surface area contributed by atoms with Gasteiger partial charge in [-0.2, -0.15) is 0 Å². The minimum Gasteiger partial charge on any atom is -0.444 e. The van der Waals surface area contributed by atoms with Crippen LogP contribution in [0.25, 0.3) is 10.8 Å². The fraction of sp³-hybridized carbons (Fsp3) is 0.511. The van der Waals surface area contributed by atoms with Crippen LogP contribution in [-0.4, -0.2) is 114 Å². The molecule has 0 radical (unpaired) electrons. The van der Waals surface area contributed by atoms with E-state index in [9.17, 15) is 19.2 Å². The van der Waals surface area contributed by atoms with E-state index in [1.807, 2.05) is 92.4 Å². The minimum atomic E-state index is -0.880. The van der Waals surface area contributed by atoms with Gasteiger partial charge in [0.15, 0.2) is 0 Å². The molecule has 0 aromatic heterocycles. The maximum Gasteiger partial charge on any atom is 0.408 e. The molecule has 296 valence electrons. The molecule has 1 saturated carbocycles. The van der Waals surface area contributed by atoms with E-state index >= 15 is 0 Å². The van der Waals surface area contributed by atoms with Crippen molar-refractivity contribution in [2.45, 2.75) is 95.4 Å². The predicted molar refractivity (Wildman–Crippen MR) is 218 cm³/mol. The van der Waals surface area contributed by atoms with Gasteiger partial charge in [0.1, 0.15) is 17.7 Å². The molecule has 2 fully saturated rings. The number of nitrogens with one attached hydrogen (secondary N) is 1. The standard InChI is InChI=1S/C45H61N5O5/c1-44(2,3)55-43(54)46-45(25-15-26-45)24-13-21-40(51)48(6)38(30-34-22-23-36-19-11-12-20-37(36)28-34)41(52)49(7)39(29-33-16-9-8-10-17-33)42(53)50-27-14-18-35(32-50)31-47(4)5/h8-13,16-17,19-23,28,35,38-39H,14-15,18,24-27,29-32H2,1-7H3,(H,46,54)/b21-13+/t35-,38+,39+/m0/s1. The van der Waals surface area contributed by atoms with Crippen molar-refractivity contribution in [3.63, 3.8) is 0 Å². The van der Waals surface area contributed by atoms with Crippen molar-refractivity contribution in [2.75, 3.05) is 47.8 Å². The average molecular weight is 752 g/mol. The second-order valence-corrected chi connectivity index (χ2v) is 16.9. The number of benzene rings is 3. The Labute approximate surface area is 327 Å². The number of carbonyl (C=O) groups is 4. The lowest BCUT2D eigenvalue weighted by molar-refractivity contribution is -0.150. The van der Waals surface area contributed by atoms with Crippen LogP contribution in [0.3, 0.4) is 0 Å². The van der Waals surface area contributed by atoms with Crippen molar-refractivity contribution in [3.05, 3.63) is 96.1 Å². The Hall–Kier alpha value is -4.70. The van der Waals surface area contributed by atoms with Crippen LogP contribution in [0.2, 0.25) is 0 Å². The van der Waals surface area contributed by atoms with Gasteiger partial charge in [-0.1, -0.05) is 78.9 Å². The van der Waals surface area contributed by atoms with E-state index in [1.165, 1.54) is 11.0 Å². The number of rotatable bonds is 14. The molecule has 4 amide bonds. The molecule has 5 rings (SSSR count). The summed E-state index contributed by atoms with van der Waals surface area (Å²) in [7, 11) is 7.48. The first-order chi connectivity index (χ1) is 26.1. The van der Waals surface area contributed by atoms with Gasteiger partial charge in [0.2, 0.25) is 17.7 Å². The Kier molecular flexibility index (Phi) is 13.8. The highest BCUT2D eigenvalue weighted by atomic mass is 16.6. The summed E-state index contributed by atoms with van der Waals surface area (Å²) < 4.78 is 5.51. The molecule has 0 spiro atoms. The summed E-state index contributed by atoms with van der Waals surface area (Å²) in [6.45, 7) is 7.70. The Bertz CT molecular complexity index is 1810. The van der Waals surface area contributed by atoms with Gasteiger partial charge in [0, 0.05) is 52.1 Å². The molecular formula is C45H61N5O5. The number of amides is 4. The lowest BCUT2D eigenvalue weighted by Crippen LogP contribution is -2.57. The number of hydrogen-bond donors (Lipinski definition) is 1. The summed E-state index contributed by atoms with van der Waals surface area (Å²) in [5.74, 6) is -0.325. The van der Waals surface area contributed by atoms with Crippen LogP contribution in [-0.2, 0) is 32.0 Å². The van der Waals surface area contributed by atoms with Crippen molar-refractivity contribution in [1.29, 1.82) is 0 Å². The van der Waals surface area contributed by atoms with Gasteiger partial charge in [-0.3, -0.25) is 14.4 Å². The molecule has 1 heterocycles. The smallest absolute Gasteiger partial charge is 0.408 e. The summed E-state index contributed by atoms with van der Waals surface area (Å²) in [6, 6.07) is 22.4. The van der Waals surface area contributed by atoms with Crippen LogP contribution < -0.4 is 5.32 Å². The topological polar surface area (TPSA) is 103 Å². The van der Waals surface area contributed by atoms with Crippen molar-refractivity contribution in [1.82, 2.24) is 24.9 Å². The number of hydrogen-bond acceptors (Lipinski definition) is 6. The van der Waals surface area contributed by atoms with Gasteiger partial charge in [0.05, 0.1) is 0 Å². The van der Waals surface area contributed by atoms with Crippen LogP contribution >= 0.6 is 0 Å². The van der Waals surface area contributed by atoms with E-state index in [2.05, 4.69) is 30.4 Å². The SMILES string of the molecule is CN(C)C[C@@H]1CCCN(C(=O)[C@@H](Cc2ccccc2)N(C)C(=O)[C@@H](Cc2ccc3ccccc3c2)N(C)C(=O)/C=C/CC2(NC(=O)OC(C)(C)C)CCC2)C1. The second-order valence-electron chi connectivity index (χ2n) is 16.9. The maximum absolute atomic E-state index is 14.9. The highest BCUT2D eigenvalue weighted by Gasteiger charge is 2.40. The number of ether oxygens (including phenoxy) is 1. The Morgan fingerprint density at radius 1 is 0.855 bits per heavy atom. The zero-order chi connectivity index (χ0) is 39.8. The number of likely N-dealkylation sites (N-methyl/N-ethyl adjacent to an activating group) is 2. The van der Waals surface area contributed by atoms with Crippen LogP contribution in [0.4, 0.5) is 4.79 Å². The fourth-order valence-electron chi connectivity index (χ4n) is 7.90. The Morgan fingerprint density at radius 2 is 1.53 bits per heavy atom. The van der Waals surface area contributed by atoms with Gasteiger partial charge in [0.25, 0.3) is 0 Å². The summed E-state index contributed by atoms with van der Waals surface area (Å²) in [5.41, 5.74) is 0.794. The summed E-state index contributed by atoms with van der Waals surface area (Å²) >= 11 is 0. The van der Waals surface area contributed by atoms with Crippen molar-refractivity contribution in [2.24, 2.45) is 5.92 Å². The van der Waals surface area contributed by atoms with E-state index in [-0.39, 0.29) is 24.1 Å². The number of alkyl carbamates (subject to hydrolysis) is 1. The third-order valence-electron chi connectivity index (χ3n) is 11.0. The summed E-state index contributed by atoms with van der Waals surface area (Å²) in [4.78, 5) is 63.2. The molecule has 10 heteroatoms. The van der Waals surface area contributed by atoms with Crippen LogP contribution in [0.1, 0.15) is 70.4 Å². The largest absolute Gasteiger partial charge is 0.444 e. The number of likely N-dealkylation sites (tertiary alicyclic amines) is 1. The van der Waals surface area contributed by atoms with Crippen LogP contribution in [0.15, 0.2) is 84.9 Å². The lowest BCUT2D eigenvalue weighted by atomic mass is 9.74. The highest BCUT2D eigenvalue weighted by molar-refractivity contribution is 5.95. The van der Waals surface area contributed by atoms with Crippen LogP contribution in [0.5, 0.6) is 0 Å². The molecule has 0 bridgehead atoms. The van der Waals surface area contributed by atoms with E-state index in [0.717, 1.165) is 60.5 Å². The van der Waals surface area contributed by atoms with Crippen LogP contribution in [0, 0.1) is 5.92 Å². The highest BCUT2D eigenvalue weighted by Crippen LogP contribution is 2.35. The number of carbonyl (C=O) groups excluding carboxylic acids is 4. The zero-order valence-corrected chi connectivity index (χ0v) is 33.9. The quantitative estimate of drug-likeness (QED) is 0.190. The molecule has 3 aromatic rings. The second kappa shape index (κ2) is 18.3. The molecule has 2 aliphatic rings. The molecule has 1 saturated heterocycles. The van der Waals surface area contributed by atoms with Crippen molar-refractivity contribution < 1.29 is 23.9 Å². The molecule has 55 heavy (non-hydrogen) atoms. The minimum absolute atomic E-state index is 0.0650. The molecule has 1 N–H and O–H groups in total. The third-order valence-corrected chi connectivity index (χ3v) is 11.0. The first-order valence-corrected chi connectivity index (χ1v) is 19.8. The number of fused-ring (bicyclic) bond motifs is 1. The normalized spacial score (nSPS) is 18.0. The lowest BCUT2D eigenvalue weighted by Gasteiger charge is -2.42. The molecular weight excluding hydrogens is 691 g/mol. The third kappa shape index (κ3) is 11.4. The molecule has 1 aliphatic carbocycles. The zero-order valence-electron chi connectivity index (χ0n) is 33.9. The molecule has 3 atom stereocenters. The van der Waals surface area contributed by atoms with E-state index < -0.39 is 29.3 Å². The van der Waals surface area contributed by atoms with Gasteiger partial charge in [-0.05, 0) is 107 Å². The molecule has 3 aromatic carbocycles. The Morgan fingerprint density at radius 3 is 2.18 bits per heavy atom. The van der Waals surface area contributed by atoms with Gasteiger partial charge in [-0.15, -0.1) is 0 Å². The fourth-order valence-corrected chi connectivity index (χ4v) is 7.90. The number of nitrogens with zero attached hydrogens (tertiary/aromatic N) is 4.